The maximum atomic E-state index is 5.73. The Hall–Kier alpha value is -1.58. The first-order chi connectivity index (χ1) is 9.36. The van der Waals surface area contributed by atoms with E-state index < -0.39 is 0 Å². The van der Waals surface area contributed by atoms with E-state index in [0.29, 0.717) is 6.54 Å². The molecule has 2 heterocycles. The molecule has 3 nitrogen and oxygen atoms in total. The summed E-state index contributed by atoms with van der Waals surface area (Å²) in [6.07, 6.45) is 4.12. The molecule has 1 aromatic carbocycles. The Bertz CT molecular complexity index is 547. The van der Waals surface area contributed by atoms with Crippen molar-refractivity contribution in [2.45, 2.75) is 32.5 Å². The van der Waals surface area contributed by atoms with Crippen molar-refractivity contribution >= 4 is 0 Å². The predicted octanol–water partition coefficient (Wildman–Crippen LogP) is 2.69. The van der Waals surface area contributed by atoms with Gasteiger partial charge in [0.15, 0.2) is 0 Å². The van der Waals surface area contributed by atoms with Gasteiger partial charge in [0, 0.05) is 18.7 Å². The fourth-order valence-corrected chi connectivity index (χ4v) is 2.79. The van der Waals surface area contributed by atoms with E-state index in [-0.39, 0.29) is 0 Å². The van der Waals surface area contributed by atoms with Crippen molar-refractivity contribution in [1.29, 1.82) is 0 Å². The van der Waals surface area contributed by atoms with Gasteiger partial charge in [-0.3, -0.25) is 4.90 Å². The van der Waals surface area contributed by atoms with Crippen molar-refractivity contribution in [2.75, 3.05) is 6.54 Å². The van der Waals surface area contributed by atoms with Crippen LogP contribution >= 0.6 is 0 Å². The molecule has 0 unspecified atom stereocenters. The number of hydrogen-bond acceptors (Lipinski definition) is 3. The Labute approximate surface area is 114 Å². The summed E-state index contributed by atoms with van der Waals surface area (Å²) in [5, 5.41) is 0. The molecular weight excluding hydrogens is 236 g/mol. The Morgan fingerprint density at radius 2 is 2.00 bits per heavy atom. The SMILES string of the molecule is NCc1ccoc1CN1CCCc2ccccc2C1. The quantitative estimate of drug-likeness (QED) is 0.918. The number of nitrogens with two attached hydrogens (primary N) is 1. The molecule has 0 radical (unpaired) electrons. The second-order valence-electron chi connectivity index (χ2n) is 5.16. The number of furan rings is 1. The van der Waals surface area contributed by atoms with Gasteiger partial charge in [0.05, 0.1) is 12.8 Å². The summed E-state index contributed by atoms with van der Waals surface area (Å²) >= 11 is 0. The molecule has 1 aliphatic heterocycles. The molecular formula is C16H20N2O. The molecule has 1 aliphatic rings. The number of benzene rings is 1. The molecule has 0 fully saturated rings. The fourth-order valence-electron chi connectivity index (χ4n) is 2.79. The maximum Gasteiger partial charge on any atom is 0.122 e. The Morgan fingerprint density at radius 1 is 1.16 bits per heavy atom. The molecule has 0 saturated carbocycles. The zero-order valence-corrected chi connectivity index (χ0v) is 11.1. The number of rotatable bonds is 3. The highest BCUT2D eigenvalue weighted by Gasteiger charge is 2.16. The van der Waals surface area contributed by atoms with Gasteiger partial charge in [0.25, 0.3) is 0 Å². The summed E-state index contributed by atoms with van der Waals surface area (Å²) in [4.78, 5) is 2.45. The third kappa shape index (κ3) is 2.72. The van der Waals surface area contributed by atoms with Crippen LogP contribution < -0.4 is 5.73 Å². The molecule has 1 aromatic heterocycles. The Kier molecular flexibility index (Phi) is 3.67. The van der Waals surface area contributed by atoms with Gasteiger partial charge in [-0.05, 0) is 36.6 Å². The highest BCUT2D eigenvalue weighted by molar-refractivity contribution is 5.28. The summed E-state index contributed by atoms with van der Waals surface area (Å²) in [5.41, 5.74) is 9.79. The average Bonchev–Trinajstić information content (AvgIpc) is 2.77. The van der Waals surface area contributed by atoms with Crippen LogP contribution in [0.4, 0.5) is 0 Å². The van der Waals surface area contributed by atoms with Crippen LogP contribution in [0.15, 0.2) is 41.0 Å². The summed E-state index contributed by atoms with van der Waals surface area (Å²) < 4.78 is 5.57. The second kappa shape index (κ2) is 5.59. The van der Waals surface area contributed by atoms with E-state index in [4.69, 9.17) is 10.2 Å². The minimum absolute atomic E-state index is 0.552. The zero-order valence-electron chi connectivity index (χ0n) is 11.1. The zero-order chi connectivity index (χ0) is 13.1. The normalized spacial score (nSPS) is 16.1. The third-order valence-corrected chi connectivity index (χ3v) is 3.86. The first-order valence-corrected chi connectivity index (χ1v) is 6.91. The Morgan fingerprint density at radius 3 is 2.84 bits per heavy atom. The smallest absolute Gasteiger partial charge is 0.122 e. The van der Waals surface area contributed by atoms with Crippen LogP contribution in [0.25, 0.3) is 0 Å². The second-order valence-corrected chi connectivity index (χ2v) is 5.16. The van der Waals surface area contributed by atoms with Crippen molar-refractivity contribution in [3.05, 3.63) is 59.0 Å². The van der Waals surface area contributed by atoms with Crippen LogP contribution in [0.1, 0.15) is 28.9 Å². The molecule has 19 heavy (non-hydrogen) atoms. The van der Waals surface area contributed by atoms with Crippen LogP contribution in [-0.2, 0) is 26.1 Å². The highest BCUT2D eigenvalue weighted by atomic mass is 16.3. The minimum Gasteiger partial charge on any atom is -0.468 e. The lowest BCUT2D eigenvalue weighted by Crippen LogP contribution is -2.23. The molecule has 0 spiro atoms. The molecule has 100 valence electrons. The summed E-state index contributed by atoms with van der Waals surface area (Å²) in [5.74, 6) is 1.02. The van der Waals surface area contributed by atoms with E-state index >= 15 is 0 Å². The highest BCUT2D eigenvalue weighted by Crippen LogP contribution is 2.21. The van der Waals surface area contributed by atoms with Crippen LogP contribution in [0.2, 0.25) is 0 Å². The summed E-state index contributed by atoms with van der Waals surface area (Å²) in [6, 6.07) is 10.7. The van der Waals surface area contributed by atoms with E-state index in [9.17, 15) is 0 Å². The Balaban J connectivity index is 1.76. The molecule has 0 amide bonds. The van der Waals surface area contributed by atoms with Crippen molar-refractivity contribution < 1.29 is 4.42 Å². The van der Waals surface area contributed by atoms with Gasteiger partial charge >= 0.3 is 0 Å². The molecule has 3 rings (SSSR count). The third-order valence-electron chi connectivity index (χ3n) is 3.86. The van der Waals surface area contributed by atoms with E-state index in [0.717, 1.165) is 31.0 Å². The molecule has 2 N–H and O–H groups in total. The van der Waals surface area contributed by atoms with Gasteiger partial charge in [-0.15, -0.1) is 0 Å². The topological polar surface area (TPSA) is 42.4 Å². The van der Waals surface area contributed by atoms with Gasteiger partial charge in [0.1, 0.15) is 5.76 Å². The monoisotopic (exact) mass is 256 g/mol. The van der Waals surface area contributed by atoms with E-state index in [2.05, 4.69) is 29.2 Å². The molecule has 3 heteroatoms. The standard InChI is InChI=1S/C16H20N2O/c17-10-14-7-9-19-16(14)12-18-8-3-6-13-4-1-2-5-15(13)11-18/h1-2,4-5,7,9H,3,6,8,10-12,17H2. The van der Waals surface area contributed by atoms with E-state index in [1.54, 1.807) is 6.26 Å². The van der Waals surface area contributed by atoms with Gasteiger partial charge in [-0.1, -0.05) is 24.3 Å². The lowest BCUT2D eigenvalue weighted by Gasteiger charge is -2.19. The van der Waals surface area contributed by atoms with Crippen LogP contribution in [0.3, 0.4) is 0 Å². The first kappa shape index (κ1) is 12.5. The minimum atomic E-state index is 0.552. The number of nitrogens with zero attached hydrogens (tertiary/aromatic N) is 1. The van der Waals surface area contributed by atoms with Crippen molar-refractivity contribution in [2.24, 2.45) is 5.73 Å². The van der Waals surface area contributed by atoms with Gasteiger partial charge in [-0.25, -0.2) is 0 Å². The molecule has 0 saturated heterocycles. The lowest BCUT2D eigenvalue weighted by molar-refractivity contribution is 0.238. The van der Waals surface area contributed by atoms with Gasteiger partial charge in [0.2, 0.25) is 0 Å². The largest absolute Gasteiger partial charge is 0.468 e. The summed E-state index contributed by atoms with van der Waals surface area (Å²) in [6.45, 7) is 3.52. The number of hydrogen-bond donors (Lipinski definition) is 1. The fraction of sp³-hybridized carbons (Fsp3) is 0.375. The molecule has 0 atom stereocenters. The van der Waals surface area contributed by atoms with E-state index in [1.807, 2.05) is 6.07 Å². The lowest BCUT2D eigenvalue weighted by atomic mass is 10.0. The first-order valence-electron chi connectivity index (χ1n) is 6.91. The number of aryl methyl sites for hydroxylation is 1. The maximum absolute atomic E-state index is 5.73. The average molecular weight is 256 g/mol. The van der Waals surface area contributed by atoms with Gasteiger partial charge < -0.3 is 10.2 Å². The number of fused-ring (bicyclic) bond motifs is 1. The molecule has 2 aromatic rings. The van der Waals surface area contributed by atoms with Crippen molar-refractivity contribution in [3.63, 3.8) is 0 Å². The van der Waals surface area contributed by atoms with Crippen molar-refractivity contribution in [1.82, 2.24) is 4.90 Å². The van der Waals surface area contributed by atoms with Crippen LogP contribution in [0, 0.1) is 0 Å². The van der Waals surface area contributed by atoms with Crippen molar-refractivity contribution in [3.8, 4) is 0 Å². The predicted molar refractivity (Wildman–Crippen MR) is 75.5 cm³/mol. The van der Waals surface area contributed by atoms with E-state index in [1.165, 1.54) is 24.0 Å². The van der Waals surface area contributed by atoms with Gasteiger partial charge in [-0.2, -0.15) is 0 Å². The van der Waals surface area contributed by atoms with Crippen LogP contribution in [0.5, 0.6) is 0 Å². The molecule has 0 bridgehead atoms. The van der Waals surface area contributed by atoms with Crippen LogP contribution in [-0.4, -0.2) is 11.4 Å². The summed E-state index contributed by atoms with van der Waals surface area (Å²) in [7, 11) is 0. The molecule has 0 aliphatic carbocycles.